The summed E-state index contributed by atoms with van der Waals surface area (Å²) in [7, 11) is 4.06. The summed E-state index contributed by atoms with van der Waals surface area (Å²) in [6, 6.07) is 13.2. The third kappa shape index (κ3) is 6.74. The van der Waals surface area contributed by atoms with Crippen molar-refractivity contribution < 1.29 is 4.79 Å². The summed E-state index contributed by atoms with van der Waals surface area (Å²) in [5.74, 6) is 0.377. The molecule has 29 heavy (non-hydrogen) atoms. The number of aromatic nitrogens is 1. The van der Waals surface area contributed by atoms with Gasteiger partial charge in [-0.1, -0.05) is 40.6 Å². The van der Waals surface area contributed by atoms with E-state index >= 15 is 0 Å². The van der Waals surface area contributed by atoms with E-state index in [-0.39, 0.29) is 18.3 Å². The van der Waals surface area contributed by atoms with E-state index in [0.717, 1.165) is 28.1 Å². The lowest BCUT2D eigenvalue weighted by molar-refractivity contribution is -0.116. The smallest absolute Gasteiger partial charge is 0.239 e. The van der Waals surface area contributed by atoms with Gasteiger partial charge >= 0.3 is 0 Å². The maximum absolute atomic E-state index is 13.0. The predicted molar refractivity (Wildman–Crippen MR) is 130 cm³/mol. The Morgan fingerprint density at radius 2 is 1.83 bits per heavy atom. The van der Waals surface area contributed by atoms with Gasteiger partial charge in [0.25, 0.3) is 0 Å². The molecule has 0 spiro atoms. The van der Waals surface area contributed by atoms with Gasteiger partial charge in [-0.25, -0.2) is 4.98 Å². The van der Waals surface area contributed by atoms with Crippen LogP contribution in [0.4, 0.5) is 5.13 Å². The fraction of sp³-hybridized carbons (Fsp3) is 0.300. The second-order valence-corrected chi connectivity index (χ2v) is 9.43. The van der Waals surface area contributed by atoms with Gasteiger partial charge in [-0.3, -0.25) is 9.69 Å². The van der Waals surface area contributed by atoms with Crippen molar-refractivity contribution >= 4 is 80.0 Å². The van der Waals surface area contributed by atoms with Crippen molar-refractivity contribution in [1.82, 2.24) is 9.88 Å². The van der Waals surface area contributed by atoms with Gasteiger partial charge in [-0.15, -0.1) is 24.2 Å². The number of carbonyl (C=O) groups excluding carboxylic acids is 1. The first-order chi connectivity index (χ1) is 13.4. The number of rotatable bonds is 8. The first kappa shape index (κ1) is 24.3. The van der Waals surface area contributed by atoms with Crippen LogP contribution in [-0.4, -0.2) is 48.7 Å². The third-order valence-corrected chi connectivity index (χ3v) is 6.65. The Kier molecular flexibility index (Phi) is 9.53. The number of thioether (sulfide) groups is 1. The van der Waals surface area contributed by atoms with Crippen LogP contribution in [0.25, 0.3) is 10.2 Å². The Hall–Kier alpha value is -1.02. The minimum Gasteiger partial charge on any atom is -0.309 e. The number of nitrogens with zero attached hydrogens (tertiary/aromatic N) is 3. The molecular weight excluding hydrogens is 469 g/mol. The SMILES string of the molecule is CN(C)CCCN(C(=O)CSc1ccc(Cl)cc1)c1nc2c(Cl)cccc2s1.Cl. The first-order valence-electron chi connectivity index (χ1n) is 8.82. The number of benzene rings is 2. The van der Waals surface area contributed by atoms with Crippen LogP contribution in [0.15, 0.2) is 47.4 Å². The zero-order chi connectivity index (χ0) is 20.1. The number of amides is 1. The normalized spacial score (nSPS) is 10.9. The summed E-state index contributed by atoms with van der Waals surface area (Å²) in [6.07, 6.45) is 0.869. The van der Waals surface area contributed by atoms with Crippen LogP contribution in [-0.2, 0) is 4.79 Å². The lowest BCUT2D eigenvalue weighted by Crippen LogP contribution is -2.34. The Balaban J connectivity index is 0.00000300. The Labute approximate surface area is 195 Å². The standard InChI is InChI=1S/C20H21Cl2N3OS2.ClH/c1-24(2)11-4-12-25(18(26)13-27-15-9-7-14(21)8-10-15)20-23-19-16(22)5-3-6-17(19)28-20;/h3,5-10H,4,11-13H2,1-2H3;1H. The van der Waals surface area contributed by atoms with E-state index in [1.807, 2.05) is 56.6 Å². The molecule has 156 valence electrons. The van der Waals surface area contributed by atoms with Crippen LogP contribution in [0.3, 0.4) is 0 Å². The molecule has 3 aromatic rings. The van der Waals surface area contributed by atoms with Crippen LogP contribution in [0, 0.1) is 0 Å². The molecule has 1 amide bonds. The van der Waals surface area contributed by atoms with Crippen molar-refractivity contribution in [3.8, 4) is 0 Å². The number of carbonyl (C=O) groups is 1. The minimum absolute atomic E-state index is 0. The van der Waals surface area contributed by atoms with Crippen molar-refractivity contribution in [2.75, 3.05) is 37.8 Å². The highest BCUT2D eigenvalue weighted by atomic mass is 35.5. The van der Waals surface area contributed by atoms with E-state index in [1.165, 1.54) is 23.1 Å². The number of fused-ring (bicyclic) bond motifs is 1. The fourth-order valence-corrected chi connectivity index (χ4v) is 4.85. The molecule has 2 aromatic carbocycles. The molecule has 1 aromatic heterocycles. The molecule has 0 bridgehead atoms. The third-order valence-electron chi connectivity index (χ3n) is 4.05. The summed E-state index contributed by atoms with van der Waals surface area (Å²) in [5.41, 5.74) is 0.750. The summed E-state index contributed by atoms with van der Waals surface area (Å²) in [4.78, 5) is 22.6. The van der Waals surface area contributed by atoms with Crippen LogP contribution in [0.5, 0.6) is 0 Å². The average molecular weight is 491 g/mol. The average Bonchev–Trinajstić information content (AvgIpc) is 3.09. The molecule has 0 atom stereocenters. The van der Waals surface area contributed by atoms with Gasteiger partial charge in [-0.05, 0) is 63.5 Å². The second-order valence-electron chi connectivity index (χ2n) is 6.53. The van der Waals surface area contributed by atoms with Crippen molar-refractivity contribution in [2.45, 2.75) is 11.3 Å². The molecule has 0 unspecified atom stereocenters. The van der Waals surface area contributed by atoms with Gasteiger partial charge in [-0.2, -0.15) is 0 Å². The zero-order valence-electron chi connectivity index (χ0n) is 16.1. The lowest BCUT2D eigenvalue weighted by Gasteiger charge is -2.21. The molecule has 4 nitrogen and oxygen atoms in total. The van der Waals surface area contributed by atoms with Gasteiger partial charge in [0.05, 0.1) is 15.5 Å². The lowest BCUT2D eigenvalue weighted by atomic mass is 10.3. The quantitative estimate of drug-likeness (QED) is 0.357. The van der Waals surface area contributed by atoms with E-state index in [1.54, 1.807) is 4.90 Å². The largest absolute Gasteiger partial charge is 0.309 e. The van der Waals surface area contributed by atoms with E-state index in [9.17, 15) is 4.79 Å². The first-order valence-corrected chi connectivity index (χ1v) is 11.4. The van der Waals surface area contributed by atoms with Crippen LogP contribution >= 0.6 is 58.7 Å². The molecule has 0 aliphatic rings. The maximum Gasteiger partial charge on any atom is 0.239 e. The monoisotopic (exact) mass is 489 g/mol. The maximum atomic E-state index is 13.0. The zero-order valence-corrected chi connectivity index (χ0v) is 20.1. The number of para-hydroxylation sites is 1. The van der Waals surface area contributed by atoms with Gasteiger partial charge in [0.1, 0.15) is 5.52 Å². The van der Waals surface area contributed by atoms with Gasteiger partial charge in [0, 0.05) is 16.5 Å². The highest BCUT2D eigenvalue weighted by Crippen LogP contribution is 2.33. The number of anilines is 1. The molecule has 0 aliphatic heterocycles. The molecule has 0 saturated carbocycles. The van der Waals surface area contributed by atoms with Crippen molar-refractivity contribution in [1.29, 1.82) is 0 Å². The van der Waals surface area contributed by atoms with Crippen molar-refractivity contribution in [2.24, 2.45) is 0 Å². The van der Waals surface area contributed by atoms with Crippen LogP contribution < -0.4 is 4.90 Å². The molecule has 1 heterocycles. The molecule has 9 heteroatoms. The summed E-state index contributed by atoms with van der Waals surface area (Å²) < 4.78 is 0.985. The molecule has 0 N–H and O–H groups in total. The molecular formula is C20H22Cl3N3OS2. The Bertz CT molecular complexity index is 948. The highest BCUT2D eigenvalue weighted by molar-refractivity contribution is 8.00. The van der Waals surface area contributed by atoms with Gasteiger partial charge in [0.15, 0.2) is 5.13 Å². The van der Waals surface area contributed by atoms with Crippen molar-refractivity contribution in [3.63, 3.8) is 0 Å². The second kappa shape index (κ2) is 11.4. The minimum atomic E-state index is 0. The molecule has 0 saturated heterocycles. The molecule has 0 aliphatic carbocycles. The Morgan fingerprint density at radius 3 is 2.48 bits per heavy atom. The number of thiazole rings is 1. The molecule has 0 fully saturated rings. The van der Waals surface area contributed by atoms with E-state index < -0.39 is 0 Å². The van der Waals surface area contributed by atoms with Crippen molar-refractivity contribution in [3.05, 3.63) is 52.5 Å². The van der Waals surface area contributed by atoms with Crippen LogP contribution in [0.2, 0.25) is 10.0 Å². The topological polar surface area (TPSA) is 36.4 Å². The number of halogens is 3. The summed E-state index contributed by atoms with van der Waals surface area (Å²) in [5, 5.41) is 1.99. The summed E-state index contributed by atoms with van der Waals surface area (Å²) in [6.45, 7) is 1.52. The molecule has 0 radical (unpaired) electrons. The van der Waals surface area contributed by atoms with Gasteiger partial charge in [0.2, 0.25) is 5.91 Å². The summed E-state index contributed by atoms with van der Waals surface area (Å²) >= 11 is 15.2. The Morgan fingerprint density at radius 1 is 1.10 bits per heavy atom. The van der Waals surface area contributed by atoms with Crippen LogP contribution in [0.1, 0.15) is 6.42 Å². The van der Waals surface area contributed by atoms with E-state index in [0.29, 0.717) is 27.5 Å². The van der Waals surface area contributed by atoms with Gasteiger partial charge < -0.3 is 4.90 Å². The van der Waals surface area contributed by atoms with E-state index in [2.05, 4.69) is 9.88 Å². The number of hydrogen-bond acceptors (Lipinski definition) is 5. The number of hydrogen-bond donors (Lipinski definition) is 0. The molecule has 3 rings (SSSR count). The predicted octanol–water partition coefficient (Wildman–Crippen LogP) is 6.10. The van der Waals surface area contributed by atoms with E-state index in [4.69, 9.17) is 23.2 Å². The fourth-order valence-electron chi connectivity index (χ4n) is 2.64. The highest BCUT2D eigenvalue weighted by Gasteiger charge is 2.20.